The summed E-state index contributed by atoms with van der Waals surface area (Å²) in [5.41, 5.74) is -0.632. The Hall–Kier alpha value is -1.73. The maximum atomic E-state index is 12.1. The van der Waals surface area contributed by atoms with E-state index in [2.05, 4.69) is 19.9 Å². The molecule has 0 atom stereocenters. The second kappa shape index (κ2) is 5.07. The molecule has 0 aliphatic heterocycles. The van der Waals surface area contributed by atoms with Crippen molar-refractivity contribution < 1.29 is 22.7 Å². The van der Waals surface area contributed by atoms with Gasteiger partial charge in [0.1, 0.15) is 5.60 Å². The third-order valence-electron chi connectivity index (χ3n) is 1.45. The van der Waals surface area contributed by atoms with Crippen LogP contribution in [0.2, 0.25) is 0 Å². The van der Waals surface area contributed by atoms with E-state index in [1.54, 1.807) is 20.8 Å². The fourth-order valence-corrected chi connectivity index (χ4v) is 0.888. The van der Waals surface area contributed by atoms with Gasteiger partial charge in [-0.05, 0) is 20.8 Å². The van der Waals surface area contributed by atoms with Gasteiger partial charge in [0, 0.05) is 0 Å². The molecule has 1 aromatic heterocycles. The van der Waals surface area contributed by atoms with Crippen LogP contribution >= 0.6 is 0 Å². The van der Waals surface area contributed by atoms with Gasteiger partial charge in [-0.25, -0.2) is 4.79 Å². The lowest BCUT2D eigenvalue weighted by Crippen LogP contribution is -2.32. The Kier molecular flexibility index (Phi) is 3.97. The standard InChI is InChI=1S/C9H13F2N3O3/c1-9(2,3)17-8(15)12-4-5-13-14-7(16-5)6(10)11/h6H,4H2,1-3H3,(H,12,15). The number of alkyl halides is 2. The van der Waals surface area contributed by atoms with Crippen LogP contribution in [0.15, 0.2) is 4.42 Å². The van der Waals surface area contributed by atoms with Crippen molar-refractivity contribution in [3.8, 4) is 0 Å². The first kappa shape index (κ1) is 13.3. The van der Waals surface area contributed by atoms with E-state index < -0.39 is 24.0 Å². The van der Waals surface area contributed by atoms with E-state index in [1.807, 2.05) is 0 Å². The van der Waals surface area contributed by atoms with Crippen molar-refractivity contribution in [2.24, 2.45) is 0 Å². The number of rotatable bonds is 3. The minimum atomic E-state index is -2.82. The zero-order chi connectivity index (χ0) is 13.1. The molecule has 17 heavy (non-hydrogen) atoms. The number of alkyl carbamates (subject to hydrolysis) is 1. The molecule has 1 N–H and O–H groups in total. The van der Waals surface area contributed by atoms with Crippen LogP contribution in [-0.4, -0.2) is 21.9 Å². The molecule has 1 aromatic rings. The van der Waals surface area contributed by atoms with E-state index in [1.165, 1.54) is 0 Å². The second-order valence-electron chi connectivity index (χ2n) is 4.19. The van der Waals surface area contributed by atoms with Crippen LogP contribution in [0.1, 0.15) is 39.0 Å². The molecule has 0 aliphatic carbocycles. The Labute approximate surface area is 96.3 Å². The van der Waals surface area contributed by atoms with E-state index in [0.29, 0.717) is 0 Å². The van der Waals surface area contributed by atoms with Gasteiger partial charge in [-0.15, -0.1) is 10.2 Å². The van der Waals surface area contributed by atoms with Gasteiger partial charge in [0.15, 0.2) is 0 Å². The predicted molar refractivity (Wildman–Crippen MR) is 52.3 cm³/mol. The Bertz CT molecular complexity index is 387. The van der Waals surface area contributed by atoms with Gasteiger partial charge in [0.05, 0.1) is 6.54 Å². The molecule has 0 radical (unpaired) electrons. The van der Waals surface area contributed by atoms with Crippen molar-refractivity contribution in [3.05, 3.63) is 11.8 Å². The van der Waals surface area contributed by atoms with Gasteiger partial charge in [0.25, 0.3) is 5.89 Å². The van der Waals surface area contributed by atoms with Gasteiger partial charge < -0.3 is 14.5 Å². The Balaban J connectivity index is 2.42. The molecular weight excluding hydrogens is 236 g/mol. The number of carbonyl (C=O) groups excluding carboxylic acids is 1. The van der Waals surface area contributed by atoms with Crippen LogP contribution < -0.4 is 5.32 Å². The highest BCUT2D eigenvalue weighted by atomic mass is 19.3. The van der Waals surface area contributed by atoms with E-state index in [-0.39, 0.29) is 12.4 Å². The van der Waals surface area contributed by atoms with E-state index in [9.17, 15) is 13.6 Å². The van der Waals surface area contributed by atoms with Crippen molar-refractivity contribution in [2.75, 3.05) is 0 Å². The minimum Gasteiger partial charge on any atom is -0.444 e. The van der Waals surface area contributed by atoms with Crippen LogP contribution in [0.25, 0.3) is 0 Å². The number of hydrogen-bond acceptors (Lipinski definition) is 5. The Morgan fingerprint density at radius 3 is 2.59 bits per heavy atom. The van der Waals surface area contributed by atoms with Crippen LogP contribution in [0.4, 0.5) is 13.6 Å². The number of ether oxygens (including phenoxy) is 1. The van der Waals surface area contributed by atoms with E-state index in [0.717, 1.165) is 0 Å². The summed E-state index contributed by atoms with van der Waals surface area (Å²) < 4.78 is 33.7. The SMILES string of the molecule is CC(C)(C)OC(=O)NCc1nnc(C(F)F)o1. The normalized spacial score (nSPS) is 11.6. The van der Waals surface area contributed by atoms with Crippen molar-refractivity contribution in [3.63, 3.8) is 0 Å². The van der Waals surface area contributed by atoms with Crippen LogP contribution in [0.5, 0.6) is 0 Å². The Morgan fingerprint density at radius 2 is 2.12 bits per heavy atom. The molecule has 0 aliphatic rings. The maximum absolute atomic E-state index is 12.1. The number of nitrogens with zero attached hydrogens (tertiary/aromatic N) is 2. The monoisotopic (exact) mass is 249 g/mol. The van der Waals surface area contributed by atoms with Crippen LogP contribution in [-0.2, 0) is 11.3 Å². The lowest BCUT2D eigenvalue weighted by atomic mass is 10.2. The van der Waals surface area contributed by atoms with Gasteiger partial charge in [-0.3, -0.25) is 0 Å². The Morgan fingerprint density at radius 1 is 1.47 bits per heavy atom. The smallest absolute Gasteiger partial charge is 0.408 e. The third-order valence-corrected chi connectivity index (χ3v) is 1.45. The third kappa shape index (κ3) is 4.75. The quantitative estimate of drug-likeness (QED) is 0.886. The van der Waals surface area contributed by atoms with E-state index >= 15 is 0 Å². The van der Waals surface area contributed by atoms with Crippen molar-refractivity contribution in [1.82, 2.24) is 15.5 Å². The molecule has 6 nitrogen and oxygen atoms in total. The first-order valence-electron chi connectivity index (χ1n) is 4.85. The lowest BCUT2D eigenvalue weighted by molar-refractivity contribution is 0.0517. The van der Waals surface area contributed by atoms with E-state index in [4.69, 9.17) is 4.74 Å². The number of hydrogen-bond donors (Lipinski definition) is 1. The first-order chi connectivity index (χ1) is 7.78. The summed E-state index contributed by atoms with van der Waals surface area (Å²) >= 11 is 0. The molecule has 96 valence electrons. The summed E-state index contributed by atoms with van der Waals surface area (Å²) in [6, 6.07) is 0. The molecule has 0 spiro atoms. The molecule has 1 rings (SSSR count). The lowest BCUT2D eigenvalue weighted by Gasteiger charge is -2.19. The number of halogens is 2. The summed E-state index contributed by atoms with van der Waals surface area (Å²) in [5, 5.41) is 8.75. The maximum Gasteiger partial charge on any atom is 0.408 e. The van der Waals surface area contributed by atoms with Gasteiger partial charge >= 0.3 is 12.5 Å². The number of aromatic nitrogens is 2. The summed E-state index contributed by atoms with van der Waals surface area (Å²) in [6.07, 6.45) is -3.51. The number of carbonyl (C=O) groups is 1. The highest BCUT2D eigenvalue weighted by Gasteiger charge is 2.18. The largest absolute Gasteiger partial charge is 0.444 e. The molecule has 8 heteroatoms. The van der Waals surface area contributed by atoms with Gasteiger partial charge in [-0.1, -0.05) is 0 Å². The molecular formula is C9H13F2N3O3. The topological polar surface area (TPSA) is 77.2 Å². The van der Waals surface area contributed by atoms with Gasteiger partial charge in [0.2, 0.25) is 5.89 Å². The molecule has 0 aromatic carbocycles. The average Bonchev–Trinajstić information content (AvgIpc) is 2.60. The fourth-order valence-electron chi connectivity index (χ4n) is 0.888. The molecule has 0 bridgehead atoms. The molecule has 0 fully saturated rings. The highest BCUT2D eigenvalue weighted by Crippen LogP contribution is 2.16. The molecule has 0 unspecified atom stereocenters. The summed E-state index contributed by atoms with van der Waals surface area (Å²) in [5.74, 6) is -0.878. The fraction of sp³-hybridized carbons (Fsp3) is 0.667. The first-order valence-corrected chi connectivity index (χ1v) is 4.85. The van der Waals surface area contributed by atoms with Crippen LogP contribution in [0.3, 0.4) is 0 Å². The van der Waals surface area contributed by atoms with Crippen molar-refractivity contribution >= 4 is 6.09 Å². The minimum absolute atomic E-state index is 0.105. The molecule has 1 amide bonds. The predicted octanol–water partition coefficient (Wildman–Crippen LogP) is 2.03. The number of nitrogens with one attached hydrogen (secondary N) is 1. The molecule has 0 saturated heterocycles. The summed E-state index contributed by atoms with van der Waals surface area (Å²) in [7, 11) is 0. The summed E-state index contributed by atoms with van der Waals surface area (Å²) in [4.78, 5) is 11.2. The molecule has 0 saturated carbocycles. The van der Waals surface area contributed by atoms with Crippen molar-refractivity contribution in [1.29, 1.82) is 0 Å². The number of amides is 1. The second-order valence-corrected chi connectivity index (χ2v) is 4.19. The van der Waals surface area contributed by atoms with Gasteiger partial charge in [-0.2, -0.15) is 8.78 Å². The zero-order valence-electron chi connectivity index (χ0n) is 9.66. The zero-order valence-corrected chi connectivity index (χ0v) is 9.66. The molecule has 1 heterocycles. The van der Waals surface area contributed by atoms with Crippen LogP contribution in [0, 0.1) is 0 Å². The van der Waals surface area contributed by atoms with Crippen molar-refractivity contribution in [2.45, 2.75) is 39.3 Å². The summed E-state index contributed by atoms with van der Waals surface area (Å²) in [6.45, 7) is 4.95. The highest BCUT2D eigenvalue weighted by molar-refractivity contribution is 5.67. The average molecular weight is 249 g/mol.